The summed E-state index contributed by atoms with van der Waals surface area (Å²) in [5, 5.41) is 0.141. The number of alkyl halides is 1. The Morgan fingerprint density at radius 1 is 1.56 bits per heavy atom. The molecule has 0 amide bonds. The van der Waals surface area contributed by atoms with E-state index < -0.39 is 0 Å². The molecule has 2 nitrogen and oxygen atoms in total. The van der Waals surface area contributed by atoms with E-state index in [2.05, 4.69) is 11.9 Å². The van der Waals surface area contributed by atoms with Crippen molar-refractivity contribution in [3.63, 3.8) is 0 Å². The molecule has 3 atom stereocenters. The maximum atomic E-state index is 6.48. The van der Waals surface area contributed by atoms with Gasteiger partial charge in [0.2, 0.25) is 0 Å². The molecular formula is C13H18ClNO. The van der Waals surface area contributed by atoms with Crippen molar-refractivity contribution in [1.29, 1.82) is 0 Å². The molecule has 3 heteroatoms. The van der Waals surface area contributed by atoms with Gasteiger partial charge in [-0.2, -0.15) is 0 Å². The Hall–Kier alpha value is -0.600. The second-order valence-electron chi connectivity index (χ2n) is 4.31. The quantitative estimate of drug-likeness (QED) is 0.754. The largest absolute Gasteiger partial charge is 0.378 e. The first-order valence-electron chi connectivity index (χ1n) is 5.97. The highest BCUT2D eigenvalue weighted by molar-refractivity contribution is 6.21. The minimum atomic E-state index is 0.141. The lowest BCUT2D eigenvalue weighted by Crippen LogP contribution is -2.25. The first-order valence-corrected chi connectivity index (χ1v) is 6.40. The van der Waals surface area contributed by atoms with Gasteiger partial charge in [-0.05, 0) is 25.0 Å². The molecule has 1 fully saturated rings. The maximum Gasteiger partial charge on any atom is 0.0615 e. The van der Waals surface area contributed by atoms with Crippen LogP contribution in [-0.4, -0.2) is 23.1 Å². The molecule has 1 aromatic heterocycles. The average Bonchev–Trinajstić information content (AvgIpc) is 2.78. The molecule has 0 saturated carbocycles. The van der Waals surface area contributed by atoms with Gasteiger partial charge in [-0.3, -0.25) is 4.98 Å². The smallest absolute Gasteiger partial charge is 0.0615 e. The van der Waals surface area contributed by atoms with E-state index >= 15 is 0 Å². The van der Waals surface area contributed by atoms with Crippen LogP contribution in [0.5, 0.6) is 0 Å². The highest BCUT2D eigenvalue weighted by Gasteiger charge is 2.32. The van der Waals surface area contributed by atoms with E-state index in [1.54, 1.807) is 0 Å². The zero-order valence-electron chi connectivity index (χ0n) is 9.60. The van der Waals surface area contributed by atoms with E-state index in [1.165, 1.54) is 0 Å². The second-order valence-corrected chi connectivity index (χ2v) is 4.87. The van der Waals surface area contributed by atoms with Gasteiger partial charge in [0, 0.05) is 36.2 Å². The van der Waals surface area contributed by atoms with Gasteiger partial charge in [0.1, 0.15) is 0 Å². The highest BCUT2D eigenvalue weighted by atomic mass is 35.5. The summed E-state index contributed by atoms with van der Waals surface area (Å²) < 4.78 is 5.67. The van der Waals surface area contributed by atoms with E-state index in [4.69, 9.17) is 16.3 Å². The Bertz CT molecular complexity index is 317. The first-order chi connectivity index (χ1) is 7.81. The van der Waals surface area contributed by atoms with Crippen LogP contribution in [0.3, 0.4) is 0 Å². The lowest BCUT2D eigenvalue weighted by molar-refractivity contribution is 0.0864. The van der Waals surface area contributed by atoms with Gasteiger partial charge in [-0.25, -0.2) is 0 Å². The average molecular weight is 240 g/mol. The summed E-state index contributed by atoms with van der Waals surface area (Å²) in [5.41, 5.74) is 1.07. The third kappa shape index (κ3) is 2.74. The van der Waals surface area contributed by atoms with Crippen molar-refractivity contribution < 1.29 is 4.74 Å². The Morgan fingerprint density at radius 2 is 2.44 bits per heavy atom. The van der Waals surface area contributed by atoms with Gasteiger partial charge in [0.05, 0.1) is 6.10 Å². The molecule has 1 aliphatic heterocycles. The number of pyridine rings is 1. The monoisotopic (exact) mass is 239 g/mol. The Morgan fingerprint density at radius 3 is 3.12 bits per heavy atom. The number of halogens is 1. The fraction of sp³-hybridized carbons (Fsp3) is 0.615. The molecule has 0 aliphatic carbocycles. The third-order valence-corrected chi connectivity index (χ3v) is 3.74. The fourth-order valence-corrected chi connectivity index (χ4v) is 2.82. The van der Waals surface area contributed by atoms with Crippen LogP contribution in [0.4, 0.5) is 0 Å². The lowest BCUT2D eigenvalue weighted by Gasteiger charge is -2.21. The van der Waals surface area contributed by atoms with Crippen molar-refractivity contribution in [3.05, 3.63) is 30.1 Å². The summed E-state index contributed by atoms with van der Waals surface area (Å²) in [5.74, 6) is 0.480. The van der Waals surface area contributed by atoms with E-state index in [-0.39, 0.29) is 5.38 Å². The molecule has 3 unspecified atom stereocenters. The van der Waals surface area contributed by atoms with Crippen LogP contribution in [0.2, 0.25) is 0 Å². The molecule has 1 aromatic rings. The zero-order chi connectivity index (χ0) is 11.4. The molecule has 0 bridgehead atoms. The van der Waals surface area contributed by atoms with E-state index in [9.17, 15) is 0 Å². The molecule has 16 heavy (non-hydrogen) atoms. The molecule has 2 rings (SSSR count). The molecule has 1 saturated heterocycles. The molecule has 0 spiro atoms. The summed E-state index contributed by atoms with van der Waals surface area (Å²) in [4.78, 5) is 4.32. The lowest BCUT2D eigenvalue weighted by atomic mass is 9.93. The van der Waals surface area contributed by atoms with Crippen LogP contribution in [0.25, 0.3) is 0 Å². The third-order valence-electron chi connectivity index (χ3n) is 3.26. The number of nitrogens with zero attached hydrogens (tertiary/aromatic N) is 1. The fourth-order valence-electron chi connectivity index (χ4n) is 2.37. The van der Waals surface area contributed by atoms with Crippen molar-refractivity contribution in [2.24, 2.45) is 5.92 Å². The van der Waals surface area contributed by atoms with E-state index in [0.717, 1.165) is 31.6 Å². The number of hydrogen-bond acceptors (Lipinski definition) is 2. The van der Waals surface area contributed by atoms with Crippen LogP contribution in [-0.2, 0) is 11.2 Å². The summed E-state index contributed by atoms with van der Waals surface area (Å²) in [6, 6.07) is 5.97. The normalized spacial score (nSPS) is 26.9. The summed E-state index contributed by atoms with van der Waals surface area (Å²) in [6.07, 6.45) is 5.13. The van der Waals surface area contributed by atoms with Crippen molar-refractivity contribution >= 4 is 11.6 Å². The Labute approximate surface area is 102 Å². The standard InChI is InChI=1S/C13H18ClNO/c1-2-13-11(6-8-16-13)12(14)9-10-5-3-4-7-15-10/h3-5,7,11-13H,2,6,8-9H2,1H3. The van der Waals surface area contributed by atoms with Crippen LogP contribution < -0.4 is 0 Å². The predicted molar refractivity (Wildman–Crippen MR) is 65.7 cm³/mol. The molecule has 2 heterocycles. The van der Waals surface area contributed by atoms with Crippen LogP contribution >= 0.6 is 11.6 Å². The summed E-state index contributed by atoms with van der Waals surface area (Å²) >= 11 is 6.48. The first kappa shape index (κ1) is 11.9. The van der Waals surface area contributed by atoms with E-state index in [1.807, 2.05) is 24.4 Å². The Balaban J connectivity index is 1.95. The number of rotatable bonds is 4. The number of hydrogen-bond donors (Lipinski definition) is 0. The minimum absolute atomic E-state index is 0.141. The Kier molecular flexibility index (Phi) is 4.19. The number of aromatic nitrogens is 1. The van der Waals surface area contributed by atoms with Gasteiger partial charge in [0.15, 0.2) is 0 Å². The van der Waals surface area contributed by atoms with Gasteiger partial charge < -0.3 is 4.74 Å². The second kappa shape index (κ2) is 5.65. The van der Waals surface area contributed by atoms with Crippen LogP contribution in [0.15, 0.2) is 24.4 Å². The van der Waals surface area contributed by atoms with Gasteiger partial charge in [0.25, 0.3) is 0 Å². The van der Waals surface area contributed by atoms with Crippen molar-refractivity contribution in [3.8, 4) is 0 Å². The van der Waals surface area contributed by atoms with Gasteiger partial charge in [-0.15, -0.1) is 11.6 Å². The summed E-state index contributed by atoms with van der Waals surface area (Å²) in [6.45, 7) is 3.02. The van der Waals surface area contributed by atoms with Crippen molar-refractivity contribution in [2.75, 3.05) is 6.61 Å². The van der Waals surface area contributed by atoms with Crippen LogP contribution in [0.1, 0.15) is 25.5 Å². The van der Waals surface area contributed by atoms with Gasteiger partial charge >= 0.3 is 0 Å². The molecule has 88 valence electrons. The molecule has 1 aliphatic rings. The SMILES string of the molecule is CCC1OCCC1C(Cl)Cc1ccccn1. The molecule has 0 radical (unpaired) electrons. The topological polar surface area (TPSA) is 22.1 Å². The zero-order valence-corrected chi connectivity index (χ0v) is 10.4. The molecule has 0 aromatic carbocycles. The van der Waals surface area contributed by atoms with Gasteiger partial charge in [-0.1, -0.05) is 13.0 Å². The van der Waals surface area contributed by atoms with Crippen LogP contribution in [0, 0.1) is 5.92 Å². The van der Waals surface area contributed by atoms with E-state index in [0.29, 0.717) is 12.0 Å². The highest BCUT2D eigenvalue weighted by Crippen LogP contribution is 2.30. The van der Waals surface area contributed by atoms with Crippen molar-refractivity contribution in [1.82, 2.24) is 4.98 Å². The number of ether oxygens (including phenoxy) is 1. The molecular weight excluding hydrogens is 222 g/mol. The maximum absolute atomic E-state index is 6.48. The predicted octanol–water partition coefficient (Wildman–Crippen LogP) is 3.05. The summed E-state index contributed by atoms with van der Waals surface area (Å²) in [7, 11) is 0. The van der Waals surface area contributed by atoms with Crippen molar-refractivity contribution in [2.45, 2.75) is 37.7 Å². The minimum Gasteiger partial charge on any atom is -0.378 e. The molecule has 0 N–H and O–H groups in total.